The van der Waals surface area contributed by atoms with Crippen LogP contribution in [0.25, 0.3) is 21.7 Å². The minimum absolute atomic E-state index is 0.0422. The number of hydrogen-bond acceptors (Lipinski definition) is 5. The van der Waals surface area contributed by atoms with Crippen molar-refractivity contribution in [2.45, 2.75) is 43.8 Å². The molecule has 0 aliphatic carbocycles. The van der Waals surface area contributed by atoms with Crippen LogP contribution < -0.4 is 27.4 Å². The van der Waals surface area contributed by atoms with Crippen LogP contribution in [0.5, 0.6) is 0 Å². The van der Waals surface area contributed by atoms with Crippen LogP contribution in [-0.4, -0.2) is 53.3 Å². The molecule has 8 N–H and O–H groups in total. The zero-order chi connectivity index (χ0) is 32.5. The molecule has 0 aliphatic rings. The molecule has 5 aromatic rings. The van der Waals surface area contributed by atoms with E-state index in [2.05, 4.69) is 20.9 Å². The van der Waals surface area contributed by atoms with Gasteiger partial charge in [-0.2, -0.15) is 0 Å². The molecule has 0 saturated heterocycles. The predicted molar refractivity (Wildman–Crippen MR) is 178 cm³/mol. The Balaban J connectivity index is 1.41. The number of hydrogen-bond donors (Lipinski definition) is 6. The molecule has 0 saturated carbocycles. The third kappa shape index (κ3) is 8.16. The maximum absolute atomic E-state index is 13.9. The molecule has 0 aliphatic heterocycles. The van der Waals surface area contributed by atoms with Crippen molar-refractivity contribution in [1.82, 2.24) is 20.9 Å². The number of aromatic nitrogens is 1. The van der Waals surface area contributed by atoms with E-state index in [0.29, 0.717) is 0 Å². The van der Waals surface area contributed by atoms with Crippen LogP contribution >= 0.6 is 0 Å². The molecule has 0 unspecified atom stereocenters. The van der Waals surface area contributed by atoms with Crippen molar-refractivity contribution in [2.24, 2.45) is 11.5 Å². The fourth-order valence-electron chi connectivity index (χ4n) is 5.56. The number of carbonyl (C=O) groups excluding carboxylic acids is 4. The Morgan fingerprint density at radius 3 is 2.02 bits per heavy atom. The number of primary amides is 1. The molecule has 0 bridgehead atoms. The summed E-state index contributed by atoms with van der Waals surface area (Å²) in [5.74, 6) is -2.19. The minimum Gasteiger partial charge on any atom is -0.368 e. The number of para-hydroxylation sites is 1. The van der Waals surface area contributed by atoms with Gasteiger partial charge in [-0.1, -0.05) is 91.0 Å². The van der Waals surface area contributed by atoms with Crippen molar-refractivity contribution in [3.05, 3.63) is 120 Å². The molecule has 46 heavy (non-hydrogen) atoms. The summed E-state index contributed by atoms with van der Waals surface area (Å²) in [6.07, 6.45) is 2.34. The lowest BCUT2D eigenvalue weighted by Crippen LogP contribution is -2.57. The maximum Gasteiger partial charge on any atom is 0.243 e. The van der Waals surface area contributed by atoms with Gasteiger partial charge in [0.2, 0.25) is 23.6 Å². The lowest BCUT2D eigenvalue weighted by molar-refractivity contribution is -0.133. The van der Waals surface area contributed by atoms with E-state index < -0.39 is 35.8 Å². The summed E-state index contributed by atoms with van der Waals surface area (Å²) in [5.41, 5.74) is 14.6. The summed E-state index contributed by atoms with van der Waals surface area (Å²) in [4.78, 5) is 56.1. The molecule has 0 fully saturated rings. The van der Waals surface area contributed by atoms with Gasteiger partial charge in [-0.25, -0.2) is 0 Å². The first-order valence-corrected chi connectivity index (χ1v) is 15.3. The second-order valence-electron chi connectivity index (χ2n) is 11.3. The summed E-state index contributed by atoms with van der Waals surface area (Å²) in [7, 11) is 0. The van der Waals surface area contributed by atoms with E-state index in [1.54, 1.807) is 6.20 Å². The van der Waals surface area contributed by atoms with Crippen LogP contribution in [0.2, 0.25) is 0 Å². The van der Waals surface area contributed by atoms with E-state index in [1.807, 2.05) is 97.1 Å². The largest absolute Gasteiger partial charge is 0.368 e. The summed E-state index contributed by atoms with van der Waals surface area (Å²) in [6.45, 7) is 0.123. The van der Waals surface area contributed by atoms with Crippen LogP contribution in [0.3, 0.4) is 0 Å². The Morgan fingerprint density at radius 1 is 0.652 bits per heavy atom. The van der Waals surface area contributed by atoms with Gasteiger partial charge in [-0.3, -0.25) is 19.2 Å². The zero-order valence-corrected chi connectivity index (χ0v) is 25.4. The molecule has 0 spiro atoms. The molecule has 236 valence electrons. The first-order valence-electron chi connectivity index (χ1n) is 15.3. The van der Waals surface area contributed by atoms with Gasteiger partial charge in [-0.05, 0) is 33.5 Å². The normalized spacial score (nSPS) is 13.1. The number of benzene rings is 4. The van der Waals surface area contributed by atoms with Crippen molar-refractivity contribution in [1.29, 1.82) is 0 Å². The molecule has 5 rings (SSSR count). The van der Waals surface area contributed by atoms with E-state index in [9.17, 15) is 19.2 Å². The molecule has 0 radical (unpaired) electrons. The summed E-state index contributed by atoms with van der Waals surface area (Å²) in [5, 5.41) is 11.4. The van der Waals surface area contributed by atoms with Gasteiger partial charge in [-0.15, -0.1) is 0 Å². The Hall–Kier alpha value is -5.48. The standard InChI is InChI=1S/C36H38N6O4/c37-17-16-33(43)40-31(20-24-14-15-25-10-4-5-11-26(25)18-24)35(45)42-32(21-27-22-39-29-13-7-6-12-28(27)29)36(46)41-30(34(38)44)19-23-8-2-1-3-9-23/h1-15,18,22,30-32,39H,16-17,19-21,37H2,(H2,38,44)(H,40,43)(H,41,46)(H,42,45)/t30-,31+,32+/m0/s1. The van der Waals surface area contributed by atoms with E-state index in [-0.39, 0.29) is 38.1 Å². The van der Waals surface area contributed by atoms with Crippen molar-refractivity contribution in [2.75, 3.05) is 6.54 Å². The molecule has 1 heterocycles. The Labute approximate surface area is 266 Å². The van der Waals surface area contributed by atoms with Crippen LogP contribution in [0.1, 0.15) is 23.1 Å². The topological polar surface area (TPSA) is 172 Å². The number of nitrogens with one attached hydrogen (secondary N) is 4. The summed E-state index contributed by atoms with van der Waals surface area (Å²) >= 11 is 0. The van der Waals surface area contributed by atoms with Gasteiger partial charge in [0.15, 0.2) is 0 Å². The molecule has 1 aromatic heterocycles. The molecule has 3 atom stereocenters. The Morgan fingerprint density at radius 2 is 1.28 bits per heavy atom. The lowest BCUT2D eigenvalue weighted by atomic mass is 9.99. The number of amides is 4. The fourth-order valence-corrected chi connectivity index (χ4v) is 5.56. The zero-order valence-electron chi connectivity index (χ0n) is 25.4. The molecule has 4 aromatic carbocycles. The van der Waals surface area contributed by atoms with Crippen LogP contribution in [-0.2, 0) is 38.4 Å². The molecule has 10 heteroatoms. The second kappa shape index (κ2) is 15.0. The number of aromatic amines is 1. The number of H-pyrrole nitrogens is 1. The van der Waals surface area contributed by atoms with Crippen molar-refractivity contribution >= 4 is 45.3 Å². The van der Waals surface area contributed by atoms with Crippen LogP contribution in [0, 0.1) is 0 Å². The Bertz CT molecular complexity index is 1840. The van der Waals surface area contributed by atoms with E-state index in [4.69, 9.17) is 11.5 Å². The predicted octanol–water partition coefficient (Wildman–Crippen LogP) is 2.64. The van der Waals surface area contributed by atoms with Gasteiger partial charge in [0.25, 0.3) is 0 Å². The van der Waals surface area contributed by atoms with Crippen LogP contribution in [0.15, 0.2) is 103 Å². The summed E-state index contributed by atoms with van der Waals surface area (Å²) < 4.78 is 0. The monoisotopic (exact) mass is 618 g/mol. The van der Waals surface area contributed by atoms with Crippen molar-refractivity contribution in [3.8, 4) is 0 Å². The highest BCUT2D eigenvalue weighted by atomic mass is 16.2. The first kappa shape index (κ1) is 31.9. The number of fused-ring (bicyclic) bond motifs is 2. The average molecular weight is 619 g/mol. The van der Waals surface area contributed by atoms with Gasteiger partial charge in [0.1, 0.15) is 18.1 Å². The van der Waals surface area contributed by atoms with Crippen LogP contribution in [0.4, 0.5) is 0 Å². The van der Waals surface area contributed by atoms with Gasteiger partial charge in [0.05, 0.1) is 0 Å². The highest BCUT2D eigenvalue weighted by molar-refractivity contribution is 5.95. The second-order valence-corrected chi connectivity index (χ2v) is 11.3. The Kier molecular flexibility index (Phi) is 10.4. The maximum atomic E-state index is 13.9. The summed E-state index contributed by atoms with van der Waals surface area (Å²) in [6, 6.07) is 27.5. The highest BCUT2D eigenvalue weighted by Gasteiger charge is 2.30. The van der Waals surface area contributed by atoms with E-state index in [1.165, 1.54) is 0 Å². The first-order chi connectivity index (χ1) is 22.3. The smallest absolute Gasteiger partial charge is 0.243 e. The number of rotatable bonds is 14. The van der Waals surface area contributed by atoms with E-state index >= 15 is 0 Å². The molecule has 4 amide bonds. The number of carbonyl (C=O) groups is 4. The highest BCUT2D eigenvalue weighted by Crippen LogP contribution is 2.20. The van der Waals surface area contributed by atoms with Gasteiger partial charge >= 0.3 is 0 Å². The van der Waals surface area contributed by atoms with Gasteiger partial charge < -0.3 is 32.4 Å². The lowest BCUT2D eigenvalue weighted by Gasteiger charge is -2.25. The SMILES string of the molecule is NCCC(=O)N[C@H](Cc1ccc2ccccc2c1)C(=O)N[C@H](Cc1c[nH]c2ccccc12)C(=O)N[C@@H](Cc1ccccc1)C(N)=O. The third-order valence-corrected chi connectivity index (χ3v) is 7.95. The quantitative estimate of drug-likeness (QED) is 0.112. The minimum atomic E-state index is -1.09. The molecular formula is C36H38N6O4. The molecular weight excluding hydrogens is 580 g/mol. The van der Waals surface area contributed by atoms with E-state index in [0.717, 1.165) is 38.4 Å². The third-order valence-electron chi connectivity index (χ3n) is 7.95. The van der Waals surface area contributed by atoms with Gasteiger partial charge in [0, 0.05) is 49.3 Å². The fraction of sp³-hybridized carbons (Fsp3) is 0.222. The number of nitrogens with two attached hydrogens (primary N) is 2. The average Bonchev–Trinajstić information content (AvgIpc) is 3.47. The molecule has 10 nitrogen and oxygen atoms in total. The van der Waals surface area contributed by atoms with Crippen molar-refractivity contribution < 1.29 is 19.2 Å². The van der Waals surface area contributed by atoms with Crippen molar-refractivity contribution in [3.63, 3.8) is 0 Å².